The summed E-state index contributed by atoms with van der Waals surface area (Å²) < 4.78 is 6.09. The van der Waals surface area contributed by atoms with E-state index >= 15 is 0 Å². The highest BCUT2D eigenvalue weighted by Crippen LogP contribution is 2.15. The number of benzene rings is 1. The normalized spacial score (nSPS) is 10.2. The molecule has 0 saturated carbocycles. The van der Waals surface area contributed by atoms with Crippen LogP contribution in [0, 0.1) is 0 Å². The minimum Gasteiger partial charge on any atom is -0.497 e. The van der Waals surface area contributed by atoms with Gasteiger partial charge in [-0.15, -0.1) is 0 Å². The number of halogens is 2. The predicted molar refractivity (Wildman–Crippen MR) is 80.1 cm³/mol. The van der Waals surface area contributed by atoms with Crippen LogP contribution >= 0.6 is 23.2 Å². The average molecular weight is 328 g/mol. The third kappa shape index (κ3) is 3.74. The number of amides is 1. The molecule has 1 N–H and O–H groups in total. The lowest BCUT2D eigenvalue weighted by Gasteiger charge is -2.08. The van der Waals surface area contributed by atoms with Crippen molar-refractivity contribution in [3.63, 3.8) is 0 Å². The van der Waals surface area contributed by atoms with Crippen LogP contribution in [0.4, 0.5) is 5.69 Å². The first-order chi connectivity index (χ1) is 10.0. The molecule has 0 fully saturated rings. The molecule has 1 aromatic heterocycles. The molecular formula is C13H11Cl2N3O3. The summed E-state index contributed by atoms with van der Waals surface area (Å²) >= 11 is 11.3. The molecule has 0 radical (unpaired) electrons. The van der Waals surface area contributed by atoms with Crippen LogP contribution in [0.25, 0.3) is 0 Å². The lowest BCUT2D eigenvalue weighted by atomic mass is 10.3. The highest BCUT2D eigenvalue weighted by molar-refractivity contribution is 6.40. The monoisotopic (exact) mass is 327 g/mol. The summed E-state index contributed by atoms with van der Waals surface area (Å²) in [6.07, 6.45) is 1.17. The van der Waals surface area contributed by atoms with Gasteiger partial charge in [0.25, 0.3) is 5.56 Å². The molecule has 110 valence electrons. The van der Waals surface area contributed by atoms with Gasteiger partial charge in [0.1, 0.15) is 17.3 Å². The maximum Gasteiger partial charge on any atom is 0.274 e. The molecule has 2 aromatic rings. The van der Waals surface area contributed by atoms with Crippen LogP contribution in [-0.4, -0.2) is 22.6 Å². The Morgan fingerprint density at radius 2 is 2.00 bits per heavy atom. The number of aromatic nitrogens is 2. The number of nitrogens with zero attached hydrogens (tertiary/aromatic N) is 2. The maximum atomic E-state index is 11.9. The second-order valence-corrected chi connectivity index (χ2v) is 4.80. The topological polar surface area (TPSA) is 73.2 Å². The molecule has 6 nitrogen and oxygen atoms in total. The van der Waals surface area contributed by atoms with E-state index in [2.05, 4.69) is 10.3 Å². The first kappa shape index (κ1) is 15.3. The number of hydrogen-bond donors (Lipinski definition) is 1. The van der Waals surface area contributed by atoms with Crippen molar-refractivity contribution in [3.8, 4) is 5.75 Å². The third-order valence-corrected chi connectivity index (χ3v) is 3.35. The van der Waals surface area contributed by atoms with E-state index in [4.69, 9.17) is 27.9 Å². The zero-order valence-corrected chi connectivity index (χ0v) is 12.5. The molecule has 0 bridgehead atoms. The van der Waals surface area contributed by atoms with E-state index in [0.717, 1.165) is 4.57 Å². The van der Waals surface area contributed by atoms with Crippen molar-refractivity contribution in [2.75, 3.05) is 12.4 Å². The Bertz CT molecular complexity index is 714. The van der Waals surface area contributed by atoms with Gasteiger partial charge in [-0.2, -0.15) is 0 Å². The summed E-state index contributed by atoms with van der Waals surface area (Å²) in [6, 6.07) is 6.80. The Morgan fingerprint density at radius 1 is 1.33 bits per heavy atom. The summed E-state index contributed by atoms with van der Waals surface area (Å²) in [5.41, 5.74) is 0.0171. The fourth-order valence-electron chi connectivity index (χ4n) is 1.59. The summed E-state index contributed by atoms with van der Waals surface area (Å²) in [5, 5.41) is 2.34. The van der Waals surface area contributed by atoms with Crippen molar-refractivity contribution in [2.45, 2.75) is 6.54 Å². The van der Waals surface area contributed by atoms with E-state index in [1.54, 1.807) is 31.4 Å². The zero-order chi connectivity index (χ0) is 15.4. The Balaban J connectivity index is 2.08. The van der Waals surface area contributed by atoms with Gasteiger partial charge in [-0.3, -0.25) is 14.2 Å². The van der Waals surface area contributed by atoms with Crippen LogP contribution in [0.15, 0.2) is 35.4 Å². The minimum absolute atomic E-state index is 0.0894. The summed E-state index contributed by atoms with van der Waals surface area (Å²) in [7, 11) is 1.55. The van der Waals surface area contributed by atoms with E-state index in [1.807, 2.05) is 0 Å². The summed E-state index contributed by atoms with van der Waals surface area (Å²) in [5.74, 6) is 0.292. The second-order valence-electron chi connectivity index (χ2n) is 4.06. The zero-order valence-electron chi connectivity index (χ0n) is 11.0. The molecule has 8 heteroatoms. The molecule has 0 atom stereocenters. The lowest BCUT2D eigenvalue weighted by molar-refractivity contribution is -0.116. The van der Waals surface area contributed by atoms with Gasteiger partial charge < -0.3 is 10.1 Å². The van der Waals surface area contributed by atoms with E-state index in [1.165, 1.54) is 6.33 Å². The van der Waals surface area contributed by atoms with E-state index in [0.29, 0.717) is 11.4 Å². The fraction of sp³-hybridized carbons (Fsp3) is 0.154. The number of anilines is 1. The fourth-order valence-corrected chi connectivity index (χ4v) is 1.87. The maximum absolute atomic E-state index is 11.9. The van der Waals surface area contributed by atoms with Crippen molar-refractivity contribution in [2.24, 2.45) is 0 Å². The third-order valence-electron chi connectivity index (χ3n) is 2.63. The first-order valence-corrected chi connectivity index (χ1v) is 6.61. The molecule has 0 aliphatic carbocycles. The van der Waals surface area contributed by atoms with E-state index < -0.39 is 5.56 Å². The number of nitrogens with one attached hydrogen (secondary N) is 1. The molecular weight excluding hydrogens is 317 g/mol. The van der Waals surface area contributed by atoms with Gasteiger partial charge in [-0.1, -0.05) is 23.2 Å². The van der Waals surface area contributed by atoms with E-state index in [9.17, 15) is 9.59 Å². The van der Waals surface area contributed by atoms with Crippen molar-refractivity contribution in [3.05, 3.63) is 51.1 Å². The van der Waals surface area contributed by atoms with Crippen LogP contribution in [0.1, 0.15) is 0 Å². The SMILES string of the molecule is COc1ccc(NC(=O)Cn2cnc(Cl)c(Cl)c2=O)cc1. The Labute approximate surface area is 130 Å². The summed E-state index contributed by atoms with van der Waals surface area (Å²) in [4.78, 5) is 27.4. The molecule has 0 unspecified atom stereocenters. The number of rotatable bonds is 4. The highest BCUT2D eigenvalue weighted by atomic mass is 35.5. The van der Waals surface area contributed by atoms with Crippen LogP contribution in [0.3, 0.4) is 0 Å². The molecule has 1 heterocycles. The molecule has 0 spiro atoms. The number of carbonyl (C=O) groups excluding carboxylic acids is 1. The van der Waals surface area contributed by atoms with Gasteiger partial charge in [-0.05, 0) is 24.3 Å². The van der Waals surface area contributed by atoms with Gasteiger partial charge in [0.05, 0.1) is 13.4 Å². The Morgan fingerprint density at radius 3 is 2.62 bits per heavy atom. The van der Waals surface area contributed by atoms with E-state index in [-0.39, 0.29) is 22.6 Å². The molecule has 1 aromatic carbocycles. The number of ether oxygens (including phenoxy) is 1. The average Bonchev–Trinajstić information content (AvgIpc) is 2.49. The predicted octanol–water partition coefficient (Wildman–Crippen LogP) is 2.20. The minimum atomic E-state index is -0.568. The Kier molecular flexibility index (Phi) is 4.82. The molecule has 0 aliphatic rings. The van der Waals surface area contributed by atoms with Gasteiger partial charge in [0.2, 0.25) is 5.91 Å². The smallest absolute Gasteiger partial charge is 0.274 e. The largest absolute Gasteiger partial charge is 0.497 e. The first-order valence-electron chi connectivity index (χ1n) is 5.85. The standard InChI is InChI=1S/C13H11Cl2N3O3/c1-21-9-4-2-8(3-5-9)17-10(19)6-18-7-16-12(15)11(14)13(18)20/h2-5,7H,6H2,1H3,(H,17,19). The van der Waals surface area contributed by atoms with Gasteiger partial charge in [0, 0.05) is 5.69 Å². The highest BCUT2D eigenvalue weighted by Gasteiger charge is 2.10. The number of methoxy groups -OCH3 is 1. The molecule has 2 rings (SSSR count). The van der Waals surface area contributed by atoms with Crippen molar-refractivity contribution in [1.29, 1.82) is 0 Å². The second kappa shape index (κ2) is 6.60. The van der Waals surface area contributed by atoms with Crippen LogP contribution in [0.2, 0.25) is 10.2 Å². The van der Waals surface area contributed by atoms with Crippen molar-refractivity contribution in [1.82, 2.24) is 9.55 Å². The van der Waals surface area contributed by atoms with Crippen LogP contribution in [0.5, 0.6) is 5.75 Å². The number of hydrogen-bond acceptors (Lipinski definition) is 4. The van der Waals surface area contributed by atoms with Crippen LogP contribution < -0.4 is 15.6 Å². The molecule has 21 heavy (non-hydrogen) atoms. The lowest BCUT2D eigenvalue weighted by Crippen LogP contribution is -2.28. The quantitative estimate of drug-likeness (QED) is 0.873. The van der Waals surface area contributed by atoms with Crippen molar-refractivity contribution < 1.29 is 9.53 Å². The molecule has 1 amide bonds. The molecule has 0 aliphatic heterocycles. The van der Waals surface area contributed by atoms with Crippen molar-refractivity contribution >= 4 is 34.8 Å². The van der Waals surface area contributed by atoms with Gasteiger partial charge in [0.15, 0.2) is 5.15 Å². The summed E-state index contributed by atoms with van der Waals surface area (Å²) in [6.45, 7) is -0.214. The molecule has 0 saturated heterocycles. The Hall–Kier alpha value is -2.05. The van der Waals surface area contributed by atoms with Crippen LogP contribution in [-0.2, 0) is 11.3 Å². The van der Waals surface area contributed by atoms with Gasteiger partial charge >= 0.3 is 0 Å². The number of carbonyl (C=O) groups is 1. The van der Waals surface area contributed by atoms with Gasteiger partial charge in [-0.25, -0.2) is 4.98 Å².